The molecule has 1 aromatic heterocycles. The lowest BCUT2D eigenvalue weighted by Crippen LogP contribution is -2.16. The van der Waals surface area contributed by atoms with Gasteiger partial charge < -0.3 is 0 Å². The van der Waals surface area contributed by atoms with E-state index in [1.807, 2.05) is 32.1 Å². The average molecular weight is 357 g/mol. The maximum absolute atomic E-state index is 4.74. The molecule has 27 heavy (non-hydrogen) atoms. The first-order valence-electron chi connectivity index (χ1n) is 9.45. The summed E-state index contributed by atoms with van der Waals surface area (Å²) in [5.74, 6) is 0.774. The van der Waals surface area contributed by atoms with E-state index in [1.54, 1.807) is 0 Å². The summed E-state index contributed by atoms with van der Waals surface area (Å²) in [4.78, 5) is 9.32. The number of hydrogen-bond acceptors (Lipinski definition) is 2. The second-order valence-electron chi connectivity index (χ2n) is 7.64. The first-order valence-corrected chi connectivity index (χ1v) is 9.45. The molecule has 0 bridgehead atoms. The van der Waals surface area contributed by atoms with Gasteiger partial charge in [-0.2, -0.15) is 0 Å². The highest BCUT2D eigenvalue weighted by Gasteiger charge is 2.34. The Morgan fingerprint density at radius 1 is 1.07 bits per heavy atom. The molecule has 3 rings (SSSR count). The van der Waals surface area contributed by atoms with Crippen LogP contribution in [0.1, 0.15) is 61.6 Å². The van der Waals surface area contributed by atoms with Crippen molar-refractivity contribution in [3.05, 3.63) is 88.5 Å². The largest absolute Gasteiger partial charge is 0.234 e. The molecule has 0 radical (unpaired) electrons. The van der Waals surface area contributed by atoms with E-state index < -0.39 is 0 Å². The van der Waals surface area contributed by atoms with Gasteiger partial charge in [0.25, 0.3) is 0 Å². The number of fused-ring (bicyclic) bond motifs is 1. The Morgan fingerprint density at radius 3 is 2.41 bits per heavy atom. The van der Waals surface area contributed by atoms with Gasteiger partial charge >= 0.3 is 0 Å². The van der Waals surface area contributed by atoms with Crippen LogP contribution in [0.3, 0.4) is 0 Å². The molecular weight excluding hydrogens is 328 g/mol. The van der Waals surface area contributed by atoms with Crippen LogP contribution in [0.4, 0.5) is 0 Å². The quantitative estimate of drug-likeness (QED) is 0.587. The van der Waals surface area contributed by atoms with E-state index in [4.69, 9.17) is 4.98 Å². The Kier molecular flexibility index (Phi) is 5.01. The van der Waals surface area contributed by atoms with E-state index >= 15 is 0 Å². The van der Waals surface area contributed by atoms with Crippen molar-refractivity contribution in [3.8, 4) is 0 Å². The summed E-state index contributed by atoms with van der Waals surface area (Å²) in [5.41, 5.74) is 9.36. The highest BCUT2D eigenvalue weighted by molar-refractivity contribution is 5.86. The van der Waals surface area contributed by atoms with Crippen LogP contribution in [-0.2, 0) is 5.41 Å². The summed E-state index contributed by atoms with van der Waals surface area (Å²) in [6.45, 7) is 16.9. The monoisotopic (exact) mass is 356 g/mol. The topological polar surface area (TPSA) is 25.8 Å². The van der Waals surface area contributed by atoms with Crippen LogP contribution in [0, 0.1) is 13.8 Å². The van der Waals surface area contributed by atoms with Gasteiger partial charge in [0.05, 0.1) is 11.4 Å². The number of aryl methyl sites for hydroxylation is 1. The first-order chi connectivity index (χ1) is 12.8. The fraction of sp³-hybridized carbons (Fsp3) is 0.280. The van der Waals surface area contributed by atoms with Crippen LogP contribution < -0.4 is 0 Å². The zero-order valence-electron chi connectivity index (χ0n) is 17.2. The second kappa shape index (κ2) is 7.11. The molecule has 0 spiro atoms. The fourth-order valence-electron chi connectivity index (χ4n) is 4.03. The Bertz CT molecular complexity index is 1000. The molecular formula is C25H28N2. The summed E-state index contributed by atoms with van der Waals surface area (Å²) in [7, 11) is 0. The lowest BCUT2D eigenvalue weighted by Gasteiger charge is -2.23. The van der Waals surface area contributed by atoms with Gasteiger partial charge in [0.1, 0.15) is 5.82 Å². The summed E-state index contributed by atoms with van der Waals surface area (Å²) in [5, 5.41) is 0. The average Bonchev–Trinajstić information content (AvgIpc) is 2.83. The first kappa shape index (κ1) is 19.0. The van der Waals surface area contributed by atoms with Crippen LogP contribution in [0.5, 0.6) is 0 Å². The molecule has 2 aromatic rings. The smallest absolute Gasteiger partial charge is 0.126 e. The lowest BCUT2D eigenvalue weighted by molar-refractivity contribution is 0.654. The highest BCUT2D eigenvalue weighted by atomic mass is 14.9. The fourth-order valence-corrected chi connectivity index (χ4v) is 4.03. The molecule has 2 nitrogen and oxygen atoms in total. The van der Waals surface area contributed by atoms with E-state index in [1.165, 1.54) is 22.3 Å². The summed E-state index contributed by atoms with van der Waals surface area (Å²) >= 11 is 0. The standard InChI is InChI=1S/C25H28N2/c1-8-12-23-17(4)24(27-18(5)26-23)19(9-2)15-22-16(3)20-13-10-11-14-21(20)25(22,6)7/h8-15H,2H2,1,3-7H3/b12-8-,19-15+. The van der Waals surface area contributed by atoms with Crippen molar-refractivity contribution in [2.75, 3.05) is 0 Å². The SMILES string of the molecule is C=C/C(=C\C1=C(C)c2ccccc2C1(C)C)c1nc(C)nc(/C=C\C)c1C. The van der Waals surface area contributed by atoms with Crippen molar-refractivity contribution in [2.24, 2.45) is 0 Å². The second-order valence-corrected chi connectivity index (χ2v) is 7.64. The number of allylic oxidation sites excluding steroid dienone is 6. The Labute approximate surface area is 163 Å². The normalized spacial score (nSPS) is 16.1. The lowest BCUT2D eigenvalue weighted by atomic mass is 9.80. The van der Waals surface area contributed by atoms with E-state index in [9.17, 15) is 0 Å². The third kappa shape index (κ3) is 3.21. The Balaban J connectivity index is 2.20. The third-order valence-corrected chi connectivity index (χ3v) is 5.49. The number of aromatic nitrogens is 2. The molecule has 0 saturated heterocycles. The molecule has 1 heterocycles. The minimum atomic E-state index is -0.0446. The van der Waals surface area contributed by atoms with E-state index in [-0.39, 0.29) is 5.41 Å². The van der Waals surface area contributed by atoms with Crippen molar-refractivity contribution in [1.29, 1.82) is 0 Å². The molecule has 1 aliphatic carbocycles. The number of rotatable bonds is 4. The molecule has 1 aliphatic rings. The Morgan fingerprint density at radius 2 is 1.78 bits per heavy atom. The van der Waals surface area contributed by atoms with E-state index in [2.05, 4.69) is 69.6 Å². The number of nitrogens with zero attached hydrogens (tertiary/aromatic N) is 2. The van der Waals surface area contributed by atoms with E-state index in [0.717, 1.165) is 28.3 Å². The van der Waals surface area contributed by atoms with Crippen molar-refractivity contribution >= 4 is 17.2 Å². The minimum Gasteiger partial charge on any atom is -0.234 e. The van der Waals surface area contributed by atoms with Crippen LogP contribution >= 0.6 is 0 Å². The molecule has 0 unspecified atom stereocenters. The molecule has 138 valence electrons. The minimum absolute atomic E-state index is 0.0446. The zero-order chi connectivity index (χ0) is 19.8. The van der Waals surface area contributed by atoms with Gasteiger partial charge in [0.15, 0.2) is 0 Å². The van der Waals surface area contributed by atoms with Gasteiger partial charge in [-0.3, -0.25) is 0 Å². The Hall–Kier alpha value is -2.74. The van der Waals surface area contributed by atoms with Crippen LogP contribution in [0.2, 0.25) is 0 Å². The summed E-state index contributed by atoms with van der Waals surface area (Å²) in [6, 6.07) is 8.68. The van der Waals surface area contributed by atoms with Gasteiger partial charge in [-0.25, -0.2) is 9.97 Å². The summed E-state index contributed by atoms with van der Waals surface area (Å²) in [6.07, 6.45) is 8.22. The maximum Gasteiger partial charge on any atom is 0.126 e. The predicted octanol–water partition coefficient (Wildman–Crippen LogP) is 6.46. The van der Waals surface area contributed by atoms with Gasteiger partial charge in [0, 0.05) is 16.6 Å². The molecule has 0 aliphatic heterocycles. The molecule has 0 saturated carbocycles. The zero-order valence-corrected chi connectivity index (χ0v) is 17.2. The number of hydrogen-bond donors (Lipinski definition) is 0. The van der Waals surface area contributed by atoms with Crippen molar-refractivity contribution in [3.63, 3.8) is 0 Å². The third-order valence-electron chi connectivity index (χ3n) is 5.49. The maximum atomic E-state index is 4.74. The van der Waals surface area contributed by atoms with Gasteiger partial charge in [0.2, 0.25) is 0 Å². The van der Waals surface area contributed by atoms with Crippen LogP contribution in [0.25, 0.3) is 17.2 Å². The molecule has 2 heteroatoms. The van der Waals surface area contributed by atoms with Crippen LogP contribution in [-0.4, -0.2) is 9.97 Å². The molecule has 0 amide bonds. The van der Waals surface area contributed by atoms with Crippen LogP contribution in [0.15, 0.2) is 54.6 Å². The number of benzene rings is 1. The van der Waals surface area contributed by atoms with Gasteiger partial charge in [-0.15, -0.1) is 0 Å². The van der Waals surface area contributed by atoms with Gasteiger partial charge in [-0.05, 0) is 62.1 Å². The molecule has 0 N–H and O–H groups in total. The predicted molar refractivity (Wildman–Crippen MR) is 116 cm³/mol. The summed E-state index contributed by atoms with van der Waals surface area (Å²) < 4.78 is 0. The van der Waals surface area contributed by atoms with Crippen molar-refractivity contribution in [2.45, 2.75) is 47.0 Å². The highest BCUT2D eigenvalue weighted by Crippen LogP contribution is 2.47. The van der Waals surface area contributed by atoms with Crippen molar-refractivity contribution in [1.82, 2.24) is 9.97 Å². The van der Waals surface area contributed by atoms with Gasteiger partial charge in [-0.1, -0.05) is 56.8 Å². The van der Waals surface area contributed by atoms with E-state index in [0.29, 0.717) is 0 Å². The van der Waals surface area contributed by atoms with Crippen molar-refractivity contribution < 1.29 is 0 Å². The molecule has 1 aromatic carbocycles. The molecule has 0 fully saturated rings. The molecule has 0 atom stereocenters.